The fraction of sp³-hybridized carbons (Fsp3) is 0.235. The fourth-order valence-corrected chi connectivity index (χ4v) is 2.15. The summed E-state index contributed by atoms with van der Waals surface area (Å²) in [4.78, 5) is 12.3. The van der Waals surface area contributed by atoms with E-state index >= 15 is 0 Å². The smallest absolute Gasteiger partial charge is 0.192 e. The number of hydrogen-bond acceptors (Lipinski definition) is 2. The third kappa shape index (κ3) is 4.69. The van der Waals surface area contributed by atoms with Gasteiger partial charge in [0.1, 0.15) is 0 Å². The Hall–Kier alpha value is -1.25. The van der Waals surface area contributed by atoms with Gasteiger partial charge < -0.3 is 0 Å². The van der Waals surface area contributed by atoms with Crippen LogP contribution in [0.15, 0.2) is 54.7 Å². The zero-order valence-corrected chi connectivity index (χ0v) is 13.6. The molecule has 1 atom stereocenters. The molecule has 0 aliphatic rings. The van der Waals surface area contributed by atoms with Gasteiger partial charge in [0.05, 0.1) is 0 Å². The van der Waals surface area contributed by atoms with Crippen LogP contribution in [0.1, 0.15) is 29.8 Å². The van der Waals surface area contributed by atoms with Crippen LogP contribution in [0, 0.1) is 6.92 Å². The monoisotopic (exact) mass is 306 g/mol. The van der Waals surface area contributed by atoms with Crippen molar-refractivity contribution in [2.24, 2.45) is 0 Å². The van der Waals surface area contributed by atoms with Crippen LogP contribution in [0.3, 0.4) is 0 Å². The summed E-state index contributed by atoms with van der Waals surface area (Å²) >= 11 is 10.4. The molecule has 0 aromatic heterocycles. The first-order valence-electron chi connectivity index (χ1n) is 6.32. The van der Waals surface area contributed by atoms with E-state index in [1.807, 2.05) is 45.1 Å². The summed E-state index contributed by atoms with van der Waals surface area (Å²) in [6.45, 7) is 9.57. The van der Waals surface area contributed by atoms with Crippen LogP contribution in [-0.2, 0) is 0 Å². The zero-order chi connectivity index (χ0) is 15.3. The van der Waals surface area contributed by atoms with Crippen LogP contribution in [0.4, 0.5) is 0 Å². The number of carbonyl (C=O) groups is 1. The van der Waals surface area contributed by atoms with Gasteiger partial charge in [-0.05, 0) is 38.5 Å². The van der Waals surface area contributed by atoms with Gasteiger partial charge >= 0.3 is 0 Å². The molecule has 0 fully saturated rings. The van der Waals surface area contributed by atoms with Crippen molar-refractivity contribution >= 4 is 30.0 Å². The van der Waals surface area contributed by atoms with E-state index in [0.717, 1.165) is 5.56 Å². The number of thiol groups is 1. The summed E-state index contributed by atoms with van der Waals surface area (Å²) in [5, 5.41) is 0.545. The summed E-state index contributed by atoms with van der Waals surface area (Å²) in [6.07, 6.45) is 7.41. The molecule has 1 unspecified atom stereocenters. The highest BCUT2D eigenvalue weighted by Gasteiger charge is 2.14. The Bertz CT molecular complexity index is 583. The normalized spacial score (nSPS) is 14.7. The van der Waals surface area contributed by atoms with Crippen molar-refractivity contribution in [2.75, 3.05) is 0 Å². The Morgan fingerprint density at radius 1 is 1.40 bits per heavy atom. The molecule has 1 aromatic carbocycles. The Balaban J connectivity index is 2.96. The first kappa shape index (κ1) is 16.8. The second kappa shape index (κ2) is 6.96. The number of halogens is 1. The van der Waals surface area contributed by atoms with Gasteiger partial charge in [0.15, 0.2) is 5.78 Å². The van der Waals surface area contributed by atoms with Gasteiger partial charge in [-0.3, -0.25) is 4.79 Å². The van der Waals surface area contributed by atoms with E-state index in [1.165, 1.54) is 0 Å². The van der Waals surface area contributed by atoms with Gasteiger partial charge in [-0.1, -0.05) is 48.6 Å². The molecule has 0 aliphatic heterocycles. The maximum Gasteiger partial charge on any atom is 0.192 e. The van der Waals surface area contributed by atoms with Crippen LogP contribution >= 0.6 is 24.2 Å². The summed E-state index contributed by atoms with van der Waals surface area (Å²) in [5.41, 5.74) is 1.88. The number of carbonyl (C=O) groups excluding carboxylic acids is 1. The van der Waals surface area contributed by atoms with Gasteiger partial charge in [0.2, 0.25) is 0 Å². The number of ketones is 1. The molecule has 0 aliphatic carbocycles. The molecule has 0 N–H and O–H groups in total. The topological polar surface area (TPSA) is 17.1 Å². The largest absolute Gasteiger partial charge is 0.289 e. The minimum absolute atomic E-state index is 0.120. The standard InChI is InChI=1S/C17H19ClOS/c1-5-9-17(4,20)10-8-13(3)16(19)15-11-14(18)7-6-12(15)2/h5-11,20H,3H2,1-2,4H3/b9-5-,10-8-. The summed E-state index contributed by atoms with van der Waals surface area (Å²) in [7, 11) is 0. The van der Waals surface area contributed by atoms with E-state index < -0.39 is 4.75 Å². The Morgan fingerprint density at radius 2 is 2.05 bits per heavy atom. The van der Waals surface area contributed by atoms with Gasteiger partial charge in [0, 0.05) is 20.9 Å². The lowest BCUT2D eigenvalue weighted by Crippen LogP contribution is -2.09. The molecular formula is C17H19ClOS. The number of Topliss-reactive ketones (excluding diaryl/α,β-unsaturated/α-hetero) is 1. The highest BCUT2D eigenvalue weighted by molar-refractivity contribution is 7.82. The van der Waals surface area contributed by atoms with Crippen molar-refractivity contribution < 1.29 is 4.79 Å². The average molecular weight is 307 g/mol. The van der Waals surface area contributed by atoms with E-state index in [0.29, 0.717) is 16.2 Å². The van der Waals surface area contributed by atoms with Crippen molar-refractivity contribution in [3.05, 3.63) is 70.8 Å². The summed E-state index contributed by atoms with van der Waals surface area (Å²) in [6, 6.07) is 5.27. The van der Waals surface area contributed by atoms with E-state index in [4.69, 9.17) is 11.6 Å². The zero-order valence-electron chi connectivity index (χ0n) is 12.0. The first-order chi connectivity index (χ1) is 9.26. The molecule has 106 valence electrons. The summed E-state index contributed by atoms with van der Waals surface area (Å²) < 4.78 is -0.401. The number of rotatable bonds is 5. The van der Waals surface area contributed by atoms with Crippen molar-refractivity contribution in [3.63, 3.8) is 0 Å². The number of hydrogen-bond donors (Lipinski definition) is 1. The molecular weight excluding hydrogens is 288 g/mol. The van der Waals surface area contributed by atoms with E-state index in [9.17, 15) is 4.79 Å². The molecule has 0 radical (unpaired) electrons. The van der Waals surface area contributed by atoms with Crippen molar-refractivity contribution in [2.45, 2.75) is 25.5 Å². The van der Waals surface area contributed by atoms with Gasteiger partial charge in [-0.25, -0.2) is 0 Å². The SMILES string of the molecule is C=C(/C=C\C(C)(S)/C=C\C)C(=O)c1cc(Cl)ccc1C. The molecule has 1 nitrogen and oxygen atoms in total. The second-order valence-electron chi connectivity index (χ2n) is 4.87. The lowest BCUT2D eigenvalue weighted by molar-refractivity contribution is 0.103. The minimum Gasteiger partial charge on any atom is -0.289 e. The van der Waals surface area contributed by atoms with Crippen molar-refractivity contribution in [3.8, 4) is 0 Å². The van der Waals surface area contributed by atoms with Crippen LogP contribution in [-0.4, -0.2) is 10.5 Å². The Labute approximate surface area is 131 Å². The van der Waals surface area contributed by atoms with Gasteiger partial charge in [0.25, 0.3) is 0 Å². The maximum absolute atomic E-state index is 12.3. The highest BCUT2D eigenvalue weighted by Crippen LogP contribution is 2.21. The lowest BCUT2D eigenvalue weighted by atomic mass is 9.98. The molecule has 0 spiro atoms. The van der Waals surface area contributed by atoms with Crippen LogP contribution in [0.25, 0.3) is 0 Å². The predicted molar refractivity (Wildman–Crippen MR) is 91.0 cm³/mol. The van der Waals surface area contributed by atoms with Crippen molar-refractivity contribution in [1.82, 2.24) is 0 Å². The quantitative estimate of drug-likeness (QED) is 0.260. The average Bonchev–Trinajstić information content (AvgIpc) is 2.38. The van der Waals surface area contributed by atoms with Gasteiger partial charge in [-0.15, -0.1) is 0 Å². The molecule has 0 saturated carbocycles. The van der Waals surface area contributed by atoms with Crippen LogP contribution in [0.2, 0.25) is 5.02 Å². The fourth-order valence-electron chi connectivity index (χ4n) is 1.75. The number of benzene rings is 1. The Morgan fingerprint density at radius 3 is 2.65 bits per heavy atom. The highest BCUT2D eigenvalue weighted by atomic mass is 35.5. The third-order valence-electron chi connectivity index (χ3n) is 2.86. The number of aryl methyl sites for hydroxylation is 1. The van der Waals surface area contributed by atoms with E-state index in [-0.39, 0.29) is 5.78 Å². The predicted octanol–water partition coefficient (Wildman–Crippen LogP) is 5.21. The molecule has 3 heteroatoms. The molecule has 20 heavy (non-hydrogen) atoms. The summed E-state index contributed by atoms with van der Waals surface area (Å²) in [5.74, 6) is -0.120. The maximum atomic E-state index is 12.3. The van der Waals surface area contributed by atoms with Crippen LogP contribution in [0.5, 0.6) is 0 Å². The number of allylic oxidation sites excluding steroid dienone is 3. The molecule has 1 rings (SSSR count). The first-order valence-corrected chi connectivity index (χ1v) is 7.14. The molecule has 1 aromatic rings. The second-order valence-corrected chi connectivity index (χ2v) is 6.27. The van der Waals surface area contributed by atoms with Gasteiger partial charge in [-0.2, -0.15) is 12.6 Å². The van der Waals surface area contributed by atoms with Crippen molar-refractivity contribution in [1.29, 1.82) is 0 Å². The Kier molecular flexibility index (Phi) is 5.85. The molecule has 0 saturated heterocycles. The molecule has 0 heterocycles. The third-order valence-corrected chi connectivity index (χ3v) is 3.40. The molecule has 0 bridgehead atoms. The molecule has 0 amide bonds. The lowest BCUT2D eigenvalue weighted by Gasteiger charge is -2.13. The van der Waals surface area contributed by atoms with E-state index in [2.05, 4.69) is 19.2 Å². The minimum atomic E-state index is -0.401. The van der Waals surface area contributed by atoms with Crippen LogP contribution < -0.4 is 0 Å². The van der Waals surface area contributed by atoms with E-state index in [1.54, 1.807) is 18.2 Å².